The molecule has 1 fully saturated rings. The molecular formula is C18H20ClF2N3O3S. The molecule has 0 aliphatic carbocycles. The summed E-state index contributed by atoms with van der Waals surface area (Å²) in [6.07, 6.45) is 3.38. The summed E-state index contributed by atoms with van der Waals surface area (Å²) in [5, 5.41) is 3.26. The van der Waals surface area contributed by atoms with Crippen molar-refractivity contribution in [1.82, 2.24) is 15.2 Å². The van der Waals surface area contributed by atoms with Crippen molar-refractivity contribution in [2.45, 2.75) is 17.6 Å². The Morgan fingerprint density at radius 2 is 1.96 bits per heavy atom. The number of rotatable bonds is 5. The van der Waals surface area contributed by atoms with Gasteiger partial charge in [-0.3, -0.25) is 9.78 Å². The minimum Gasteiger partial charge on any atom is -0.329 e. The molecule has 1 aromatic carbocycles. The third kappa shape index (κ3) is 5.03. The highest BCUT2D eigenvalue weighted by Crippen LogP contribution is 2.24. The van der Waals surface area contributed by atoms with E-state index in [-0.39, 0.29) is 29.9 Å². The number of aromatic nitrogens is 1. The van der Waals surface area contributed by atoms with Gasteiger partial charge in [0.2, 0.25) is 9.84 Å². The van der Waals surface area contributed by atoms with Crippen LogP contribution < -0.4 is 5.32 Å². The van der Waals surface area contributed by atoms with Crippen molar-refractivity contribution in [3.05, 3.63) is 65.5 Å². The van der Waals surface area contributed by atoms with Gasteiger partial charge in [0.25, 0.3) is 5.91 Å². The monoisotopic (exact) mass is 431 g/mol. The van der Waals surface area contributed by atoms with Crippen molar-refractivity contribution < 1.29 is 22.0 Å². The molecule has 0 bridgehead atoms. The normalized spacial score (nSPS) is 17.2. The second kappa shape index (κ2) is 9.40. The first-order valence-electron chi connectivity index (χ1n) is 8.39. The summed E-state index contributed by atoms with van der Waals surface area (Å²) in [4.78, 5) is 18.8. The zero-order valence-electron chi connectivity index (χ0n) is 14.8. The average molecular weight is 432 g/mol. The number of piperazine rings is 1. The molecule has 1 aliphatic rings. The van der Waals surface area contributed by atoms with Crippen molar-refractivity contribution in [3.8, 4) is 0 Å². The van der Waals surface area contributed by atoms with Crippen molar-refractivity contribution in [2.24, 2.45) is 0 Å². The Balaban J connectivity index is 0.00000280. The fourth-order valence-corrected chi connectivity index (χ4v) is 3.81. The molecule has 28 heavy (non-hydrogen) atoms. The topological polar surface area (TPSA) is 79.4 Å². The number of benzene rings is 1. The van der Waals surface area contributed by atoms with Crippen LogP contribution in [-0.4, -0.2) is 49.6 Å². The quantitative estimate of drug-likeness (QED) is 0.786. The molecule has 2 aromatic rings. The van der Waals surface area contributed by atoms with Crippen LogP contribution in [0, 0.1) is 0 Å². The summed E-state index contributed by atoms with van der Waals surface area (Å²) in [6.45, 7) is 1.77. The summed E-state index contributed by atoms with van der Waals surface area (Å²) in [6, 6.07) is 9.29. The van der Waals surface area contributed by atoms with Crippen molar-refractivity contribution in [1.29, 1.82) is 0 Å². The molecule has 1 atom stereocenters. The molecule has 0 spiro atoms. The van der Waals surface area contributed by atoms with E-state index in [1.807, 2.05) is 12.1 Å². The maximum absolute atomic E-state index is 12.9. The van der Waals surface area contributed by atoms with E-state index in [0.717, 1.165) is 5.56 Å². The van der Waals surface area contributed by atoms with E-state index >= 15 is 0 Å². The van der Waals surface area contributed by atoms with Gasteiger partial charge in [0, 0.05) is 37.6 Å². The van der Waals surface area contributed by atoms with E-state index in [1.165, 1.54) is 24.3 Å². The van der Waals surface area contributed by atoms with Crippen LogP contribution >= 0.6 is 12.4 Å². The zero-order chi connectivity index (χ0) is 19.4. The Kier molecular flexibility index (Phi) is 7.45. The number of alkyl halides is 2. The van der Waals surface area contributed by atoms with Crippen LogP contribution in [0.1, 0.15) is 27.5 Å². The Morgan fingerprint density at radius 3 is 2.57 bits per heavy atom. The number of carbonyl (C=O) groups is 1. The number of pyridine rings is 1. The number of hydrogen-bond donors (Lipinski definition) is 1. The number of nitrogens with one attached hydrogen (secondary N) is 1. The molecule has 1 aromatic heterocycles. The van der Waals surface area contributed by atoms with Crippen LogP contribution in [0.25, 0.3) is 0 Å². The molecular weight excluding hydrogens is 412 g/mol. The van der Waals surface area contributed by atoms with E-state index in [2.05, 4.69) is 10.3 Å². The summed E-state index contributed by atoms with van der Waals surface area (Å²) < 4.78 is 47.6. The Morgan fingerprint density at radius 1 is 1.25 bits per heavy atom. The first kappa shape index (κ1) is 22.2. The third-order valence-corrected chi connectivity index (χ3v) is 5.69. The molecule has 3 rings (SSSR count). The predicted octanol–water partition coefficient (Wildman–Crippen LogP) is 2.43. The number of carbonyl (C=O) groups excluding carboxylic acids is 1. The lowest BCUT2D eigenvalue weighted by Gasteiger charge is -2.36. The van der Waals surface area contributed by atoms with Crippen molar-refractivity contribution >= 4 is 28.2 Å². The summed E-state index contributed by atoms with van der Waals surface area (Å²) in [5.74, 6) is -4.38. The van der Waals surface area contributed by atoms with E-state index in [9.17, 15) is 22.0 Å². The molecule has 0 saturated carbocycles. The molecule has 2 heterocycles. The minimum atomic E-state index is -4.49. The average Bonchev–Trinajstić information content (AvgIpc) is 2.68. The highest BCUT2D eigenvalue weighted by atomic mass is 35.5. The summed E-state index contributed by atoms with van der Waals surface area (Å²) in [7, 11) is -4.49. The molecule has 10 heteroatoms. The Bertz CT molecular complexity index is 896. The smallest absolute Gasteiger partial charge is 0.329 e. The van der Waals surface area contributed by atoms with E-state index in [4.69, 9.17) is 0 Å². The summed E-state index contributed by atoms with van der Waals surface area (Å²) >= 11 is 0. The van der Waals surface area contributed by atoms with Gasteiger partial charge >= 0.3 is 5.76 Å². The van der Waals surface area contributed by atoms with Gasteiger partial charge < -0.3 is 10.2 Å². The van der Waals surface area contributed by atoms with Gasteiger partial charge in [-0.15, -0.1) is 12.4 Å². The lowest BCUT2D eigenvalue weighted by atomic mass is 10.0. The van der Waals surface area contributed by atoms with E-state index < -0.39 is 21.3 Å². The first-order valence-corrected chi connectivity index (χ1v) is 10.1. The molecule has 1 unspecified atom stereocenters. The minimum absolute atomic E-state index is 0. The molecule has 1 N–H and O–H groups in total. The molecule has 152 valence electrons. The second-order valence-corrected chi connectivity index (χ2v) is 8.24. The standard InChI is InChI=1S/C18H19F2N3O3S.ClH/c19-18(20)27(25,26)12-13-3-5-14(6-4-13)17(24)23-9-8-22-11-16(23)15-2-1-7-21-10-15;/h1-7,10,16,18,22H,8-9,11-12H2;1H. The van der Waals surface area contributed by atoms with Crippen LogP contribution in [0.2, 0.25) is 0 Å². The molecule has 1 amide bonds. The van der Waals surface area contributed by atoms with Crippen LogP contribution in [0.5, 0.6) is 0 Å². The number of amides is 1. The number of halogens is 3. The highest BCUT2D eigenvalue weighted by Gasteiger charge is 2.29. The molecule has 6 nitrogen and oxygen atoms in total. The molecule has 1 saturated heterocycles. The van der Waals surface area contributed by atoms with Gasteiger partial charge in [0.1, 0.15) is 0 Å². The maximum atomic E-state index is 12.9. The Labute approximate surface area is 168 Å². The SMILES string of the molecule is Cl.O=C(c1ccc(CS(=O)(=O)C(F)F)cc1)N1CCNCC1c1cccnc1. The maximum Gasteiger partial charge on any atom is 0.337 e. The van der Waals surface area contributed by atoms with Crippen LogP contribution in [-0.2, 0) is 15.6 Å². The zero-order valence-corrected chi connectivity index (χ0v) is 16.4. The predicted molar refractivity (Wildman–Crippen MR) is 103 cm³/mol. The lowest BCUT2D eigenvalue weighted by molar-refractivity contribution is 0.0634. The number of hydrogen-bond acceptors (Lipinski definition) is 5. The second-order valence-electron chi connectivity index (χ2n) is 6.27. The fraction of sp³-hybridized carbons (Fsp3) is 0.333. The van der Waals surface area contributed by atoms with Crippen molar-refractivity contribution in [2.75, 3.05) is 19.6 Å². The number of sulfone groups is 1. The van der Waals surface area contributed by atoms with E-state index in [0.29, 0.717) is 25.2 Å². The van der Waals surface area contributed by atoms with E-state index in [1.54, 1.807) is 17.3 Å². The van der Waals surface area contributed by atoms with Gasteiger partial charge in [-0.2, -0.15) is 8.78 Å². The van der Waals surface area contributed by atoms with Crippen LogP contribution in [0.15, 0.2) is 48.8 Å². The Hall–Kier alpha value is -2.10. The highest BCUT2D eigenvalue weighted by molar-refractivity contribution is 7.90. The summed E-state index contributed by atoms with van der Waals surface area (Å²) in [5.41, 5.74) is 1.51. The molecule has 1 aliphatic heterocycles. The first-order chi connectivity index (χ1) is 12.9. The third-order valence-electron chi connectivity index (χ3n) is 4.41. The fourth-order valence-electron chi connectivity index (χ4n) is 3.02. The van der Waals surface area contributed by atoms with Gasteiger partial charge in [-0.05, 0) is 29.3 Å². The molecule has 0 radical (unpaired) electrons. The lowest BCUT2D eigenvalue weighted by Crippen LogP contribution is -2.48. The van der Waals surface area contributed by atoms with Gasteiger partial charge in [0.15, 0.2) is 0 Å². The van der Waals surface area contributed by atoms with Gasteiger partial charge in [-0.25, -0.2) is 8.42 Å². The van der Waals surface area contributed by atoms with Gasteiger partial charge in [0.05, 0.1) is 11.8 Å². The van der Waals surface area contributed by atoms with Gasteiger partial charge in [-0.1, -0.05) is 18.2 Å². The largest absolute Gasteiger partial charge is 0.337 e. The number of nitrogens with zero attached hydrogens (tertiary/aromatic N) is 2. The van der Waals surface area contributed by atoms with Crippen LogP contribution in [0.4, 0.5) is 8.78 Å². The van der Waals surface area contributed by atoms with Crippen molar-refractivity contribution in [3.63, 3.8) is 0 Å². The van der Waals surface area contributed by atoms with Crippen LogP contribution in [0.3, 0.4) is 0 Å².